The third-order valence-corrected chi connectivity index (χ3v) is 4.48. The van der Waals surface area contributed by atoms with Gasteiger partial charge in [0, 0.05) is 42.8 Å². The fraction of sp³-hybridized carbons (Fsp3) is 0.158. The average molecular weight is 399 g/mol. The molecular formula is C19H21N5O3S. The number of carbonyl (C=O) groups is 1. The summed E-state index contributed by atoms with van der Waals surface area (Å²) >= 11 is 1.20. The van der Waals surface area contributed by atoms with Gasteiger partial charge in [0.15, 0.2) is 12.2 Å². The minimum absolute atomic E-state index is 0.280. The van der Waals surface area contributed by atoms with Gasteiger partial charge >= 0.3 is 6.03 Å². The van der Waals surface area contributed by atoms with E-state index in [9.17, 15) is 4.79 Å². The molecule has 0 unspecified atom stereocenters. The molecule has 0 aliphatic heterocycles. The van der Waals surface area contributed by atoms with Gasteiger partial charge in [0.25, 0.3) is 0 Å². The molecule has 1 heterocycles. The number of carbonyl (C=O) groups excluding carboxylic acids is 1. The molecule has 0 bridgehead atoms. The molecule has 3 N–H and O–H groups in total. The minimum Gasteiger partial charge on any atom is -0.497 e. The zero-order valence-electron chi connectivity index (χ0n) is 15.5. The lowest BCUT2D eigenvalue weighted by Crippen LogP contribution is -2.28. The van der Waals surface area contributed by atoms with Crippen LogP contribution < -0.4 is 23.9 Å². The second-order valence-corrected chi connectivity index (χ2v) is 6.66. The summed E-state index contributed by atoms with van der Waals surface area (Å²) in [5, 5.41) is 12.1. The van der Waals surface area contributed by atoms with Crippen molar-refractivity contribution in [1.29, 1.82) is 0 Å². The number of nitrogens with zero attached hydrogens (tertiary/aromatic N) is 2. The maximum atomic E-state index is 11.9. The largest absolute Gasteiger partial charge is 0.497 e. The first-order valence-corrected chi connectivity index (χ1v) is 9.19. The Morgan fingerprint density at radius 2 is 2.00 bits per heavy atom. The van der Waals surface area contributed by atoms with E-state index in [4.69, 9.17) is 8.92 Å². The topological polar surface area (TPSA) is 91.5 Å². The Morgan fingerprint density at radius 3 is 2.71 bits per heavy atom. The number of aromatic nitrogens is 2. The van der Waals surface area contributed by atoms with Crippen LogP contribution >= 0.6 is 12.2 Å². The van der Waals surface area contributed by atoms with Gasteiger partial charge in [-0.05, 0) is 36.4 Å². The van der Waals surface area contributed by atoms with Crippen molar-refractivity contribution in [2.45, 2.75) is 6.54 Å². The number of benzene rings is 2. The maximum absolute atomic E-state index is 11.9. The first-order valence-electron chi connectivity index (χ1n) is 8.49. The summed E-state index contributed by atoms with van der Waals surface area (Å²) in [5.74, 6) is 1.44. The van der Waals surface area contributed by atoms with Gasteiger partial charge in [-0.15, -0.1) is 0 Å². The van der Waals surface area contributed by atoms with E-state index in [1.54, 1.807) is 19.5 Å². The molecule has 28 heavy (non-hydrogen) atoms. The van der Waals surface area contributed by atoms with Crippen LogP contribution in [0.15, 0.2) is 60.9 Å². The summed E-state index contributed by atoms with van der Waals surface area (Å²) in [5.41, 5.74) is 2.53. The van der Waals surface area contributed by atoms with Crippen molar-refractivity contribution in [3.8, 4) is 11.5 Å². The monoisotopic (exact) mass is 399 g/mol. The Balaban J connectivity index is 1.48. The van der Waals surface area contributed by atoms with E-state index >= 15 is 0 Å². The van der Waals surface area contributed by atoms with Gasteiger partial charge in [0.05, 0.1) is 13.3 Å². The molecular weight excluding hydrogens is 378 g/mol. The van der Waals surface area contributed by atoms with Gasteiger partial charge in [-0.25, -0.2) is 4.79 Å². The smallest absolute Gasteiger partial charge is 0.319 e. The predicted molar refractivity (Wildman–Crippen MR) is 111 cm³/mol. The first kappa shape index (κ1) is 19.4. The maximum Gasteiger partial charge on any atom is 0.319 e. The third-order valence-electron chi connectivity index (χ3n) is 3.78. The van der Waals surface area contributed by atoms with Gasteiger partial charge in [0.1, 0.15) is 11.5 Å². The van der Waals surface area contributed by atoms with Gasteiger partial charge in [0.2, 0.25) is 0 Å². The summed E-state index contributed by atoms with van der Waals surface area (Å²) in [6.07, 6.45) is 3.40. The van der Waals surface area contributed by atoms with Crippen molar-refractivity contribution in [1.82, 2.24) is 15.5 Å². The van der Waals surface area contributed by atoms with E-state index in [1.165, 1.54) is 12.2 Å². The van der Waals surface area contributed by atoms with Crippen molar-refractivity contribution in [2.75, 3.05) is 23.8 Å². The molecule has 0 atom stereocenters. The number of aromatic amines is 1. The van der Waals surface area contributed by atoms with Crippen LogP contribution in [0.3, 0.4) is 0 Å². The van der Waals surface area contributed by atoms with Crippen LogP contribution in [0.2, 0.25) is 0 Å². The molecule has 0 fully saturated rings. The van der Waals surface area contributed by atoms with Gasteiger partial charge in [-0.3, -0.25) is 9.40 Å². The number of nitrogens with one attached hydrogen (secondary N) is 3. The number of hydrogen-bond acceptors (Lipinski definition) is 6. The highest BCUT2D eigenvalue weighted by Crippen LogP contribution is 2.27. The fourth-order valence-electron chi connectivity index (χ4n) is 2.28. The first-order chi connectivity index (χ1) is 13.6. The van der Waals surface area contributed by atoms with Crippen molar-refractivity contribution < 1.29 is 13.7 Å². The number of rotatable bonds is 8. The highest BCUT2D eigenvalue weighted by Gasteiger charge is 2.07. The van der Waals surface area contributed by atoms with Crippen LogP contribution in [-0.2, 0) is 6.54 Å². The Bertz CT molecular complexity index is 887. The molecule has 1 aromatic heterocycles. The highest BCUT2D eigenvalue weighted by atomic mass is 32.2. The van der Waals surface area contributed by atoms with Crippen LogP contribution in [-0.4, -0.2) is 30.4 Å². The predicted octanol–water partition coefficient (Wildman–Crippen LogP) is 3.82. The van der Waals surface area contributed by atoms with Crippen molar-refractivity contribution in [2.24, 2.45) is 0 Å². The number of urea groups is 1. The molecule has 0 radical (unpaired) electrons. The van der Waals surface area contributed by atoms with E-state index in [2.05, 4.69) is 20.8 Å². The Labute approximate surface area is 167 Å². The molecule has 9 heteroatoms. The Hall–Kier alpha value is -3.33. The number of methoxy groups -OCH3 is 1. The SMILES string of the molecule is COc1cccc(OSN(C)c2ccc(NC(=O)NCc3cn[nH]c3)cc2)c1. The van der Waals surface area contributed by atoms with Crippen molar-refractivity contribution in [3.63, 3.8) is 0 Å². The molecule has 0 spiro atoms. The summed E-state index contributed by atoms with van der Waals surface area (Å²) in [7, 11) is 3.51. The number of anilines is 2. The molecule has 8 nitrogen and oxygen atoms in total. The highest BCUT2D eigenvalue weighted by molar-refractivity contribution is 7.96. The molecule has 3 rings (SSSR count). The van der Waals surface area contributed by atoms with E-state index in [0.29, 0.717) is 18.0 Å². The zero-order valence-corrected chi connectivity index (χ0v) is 16.3. The Kier molecular flexibility index (Phi) is 6.64. The molecule has 2 aromatic carbocycles. The van der Waals surface area contributed by atoms with Crippen LogP contribution in [0.1, 0.15) is 5.56 Å². The zero-order chi connectivity index (χ0) is 19.8. The van der Waals surface area contributed by atoms with E-state index in [1.807, 2.05) is 59.9 Å². The van der Waals surface area contributed by atoms with Gasteiger partial charge < -0.3 is 19.6 Å². The number of H-pyrrole nitrogens is 1. The number of ether oxygens (including phenoxy) is 1. The molecule has 0 saturated heterocycles. The lowest BCUT2D eigenvalue weighted by Gasteiger charge is -2.17. The second-order valence-electron chi connectivity index (χ2n) is 5.80. The molecule has 0 aliphatic carbocycles. The van der Waals surface area contributed by atoms with Gasteiger partial charge in [-0.1, -0.05) is 6.07 Å². The standard InChI is InChI=1S/C19H21N5O3S/c1-24(28-27-18-5-3-4-17(10-18)26-2)16-8-6-15(7-9-16)23-19(25)20-11-14-12-21-22-13-14/h3-10,12-13H,11H2,1-2H3,(H,21,22)(H2,20,23,25). The number of amides is 2. The fourth-order valence-corrected chi connectivity index (χ4v) is 2.79. The second kappa shape index (κ2) is 9.56. The minimum atomic E-state index is -0.280. The summed E-state index contributed by atoms with van der Waals surface area (Å²) in [6, 6.07) is 14.6. The molecule has 2 amide bonds. The van der Waals surface area contributed by atoms with Crippen LogP contribution in [0.25, 0.3) is 0 Å². The summed E-state index contributed by atoms with van der Waals surface area (Å²) < 4.78 is 12.8. The van der Waals surface area contributed by atoms with E-state index < -0.39 is 0 Å². The lowest BCUT2D eigenvalue weighted by atomic mass is 10.3. The molecule has 0 saturated carbocycles. The molecule has 0 aliphatic rings. The van der Waals surface area contributed by atoms with Crippen molar-refractivity contribution >= 4 is 29.6 Å². The van der Waals surface area contributed by atoms with Crippen LogP contribution in [0.4, 0.5) is 16.2 Å². The third kappa shape index (κ3) is 5.58. The van der Waals surface area contributed by atoms with Crippen LogP contribution in [0, 0.1) is 0 Å². The van der Waals surface area contributed by atoms with Gasteiger partial charge in [-0.2, -0.15) is 5.10 Å². The van der Waals surface area contributed by atoms with Crippen LogP contribution in [0.5, 0.6) is 11.5 Å². The summed E-state index contributed by atoms with van der Waals surface area (Å²) in [6.45, 7) is 0.404. The summed E-state index contributed by atoms with van der Waals surface area (Å²) in [4.78, 5) is 11.9. The number of hydrogen-bond donors (Lipinski definition) is 3. The van der Waals surface area contributed by atoms with Crippen molar-refractivity contribution in [3.05, 3.63) is 66.5 Å². The Morgan fingerprint density at radius 1 is 1.21 bits per heavy atom. The average Bonchev–Trinajstić information content (AvgIpc) is 3.25. The lowest BCUT2D eigenvalue weighted by molar-refractivity contribution is 0.251. The normalized spacial score (nSPS) is 10.2. The van der Waals surface area contributed by atoms with E-state index in [-0.39, 0.29) is 6.03 Å². The van der Waals surface area contributed by atoms with E-state index in [0.717, 1.165) is 17.0 Å². The quantitative estimate of drug-likeness (QED) is 0.394. The molecule has 3 aromatic rings. The molecule has 146 valence electrons.